The van der Waals surface area contributed by atoms with Crippen LogP contribution in [0.4, 0.5) is 0 Å². The van der Waals surface area contributed by atoms with Crippen molar-refractivity contribution in [2.75, 3.05) is 26.8 Å². The Morgan fingerprint density at radius 2 is 2.23 bits per heavy atom. The summed E-state index contributed by atoms with van der Waals surface area (Å²) in [4.78, 5) is 28.0. The molecule has 0 unspecified atom stereocenters. The molecule has 0 radical (unpaired) electrons. The number of rotatable bonds is 3. The molecule has 1 saturated heterocycles. The molecule has 22 heavy (non-hydrogen) atoms. The number of morpholine rings is 1. The molecule has 2 N–H and O–H groups in total. The predicted molar refractivity (Wildman–Crippen MR) is 78.1 cm³/mol. The average molecular weight is 304 g/mol. The first-order valence-corrected chi connectivity index (χ1v) is 6.89. The highest BCUT2D eigenvalue weighted by Gasteiger charge is 2.30. The summed E-state index contributed by atoms with van der Waals surface area (Å²) >= 11 is 0. The Balaban J connectivity index is 1.83. The van der Waals surface area contributed by atoms with E-state index in [0.717, 1.165) is 10.9 Å². The van der Waals surface area contributed by atoms with Crippen LogP contribution >= 0.6 is 0 Å². The molecule has 1 fully saturated rings. The molecule has 1 amide bonds. The Morgan fingerprint density at radius 3 is 2.95 bits per heavy atom. The van der Waals surface area contributed by atoms with Gasteiger partial charge >= 0.3 is 5.97 Å². The number of carboxylic acid groups (broad SMARTS) is 1. The maximum Gasteiger partial charge on any atom is 0.334 e. The number of aromatic amines is 1. The zero-order valence-electron chi connectivity index (χ0n) is 12.0. The first-order valence-electron chi connectivity index (χ1n) is 6.89. The van der Waals surface area contributed by atoms with E-state index in [4.69, 9.17) is 14.6 Å². The molecule has 0 saturated carbocycles. The maximum absolute atomic E-state index is 12.5. The van der Waals surface area contributed by atoms with E-state index in [1.165, 1.54) is 4.90 Å². The molecule has 116 valence electrons. The lowest BCUT2D eigenvalue weighted by Gasteiger charge is -2.30. The minimum atomic E-state index is -1.06. The first-order chi connectivity index (χ1) is 10.6. The minimum absolute atomic E-state index is 0.0485. The number of nitrogens with one attached hydrogen (secondary N) is 1. The number of hydrogen-bond donors (Lipinski definition) is 2. The molecule has 1 aliphatic rings. The summed E-state index contributed by atoms with van der Waals surface area (Å²) < 4.78 is 10.3. The summed E-state index contributed by atoms with van der Waals surface area (Å²) in [6, 6.07) is 7.22. The van der Waals surface area contributed by atoms with Crippen molar-refractivity contribution in [3.05, 3.63) is 30.0 Å². The van der Waals surface area contributed by atoms with E-state index in [-0.39, 0.29) is 19.1 Å². The number of methoxy groups -OCH3 is 1. The van der Waals surface area contributed by atoms with Crippen LogP contribution in [0.2, 0.25) is 0 Å². The third-order valence-corrected chi connectivity index (χ3v) is 3.69. The summed E-state index contributed by atoms with van der Waals surface area (Å²) in [5.41, 5.74) is 1.25. The molecule has 1 atom stereocenters. The number of hydrogen-bond acceptors (Lipinski definition) is 4. The van der Waals surface area contributed by atoms with E-state index in [9.17, 15) is 9.59 Å². The van der Waals surface area contributed by atoms with Gasteiger partial charge in [0.05, 0.1) is 20.3 Å². The molecule has 7 heteroatoms. The van der Waals surface area contributed by atoms with Crippen LogP contribution < -0.4 is 4.74 Å². The van der Waals surface area contributed by atoms with Crippen molar-refractivity contribution in [2.45, 2.75) is 6.10 Å². The van der Waals surface area contributed by atoms with Crippen molar-refractivity contribution in [2.24, 2.45) is 0 Å². The number of carbonyl (C=O) groups excluding carboxylic acids is 1. The Morgan fingerprint density at radius 1 is 1.41 bits per heavy atom. The van der Waals surface area contributed by atoms with Gasteiger partial charge in [0, 0.05) is 17.4 Å². The Bertz CT molecular complexity index is 724. The van der Waals surface area contributed by atoms with E-state index < -0.39 is 12.1 Å². The standard InChI is InChI=1S/C15H16N2O5/c1-21-10-2-3-11-9(6-10)7-12(16-11)14(18)17-4-5-22-13(8-17)15(19)20/h2-3,6-7,13,16H,4-5,8H2,1H3,(H,19,20)/t13-/m0/s1. The second-order valence-electron chi connectivity index (χ2n) is 5.09. The Labute approximate surface area is 126 Å². The summed E-state index contributed by atoms with van der Waals surface area (Å²) in [7, 11) is 1.58. The van der Waals surface area contributed by atoms with Crippen LogP contribution in [0.3, 0.4) is 0 Å². The summed E-state index contributed by atoms with van der Waals surface area (Å²) in [6.45, 7) is 0.644. The van der Waals surface area contributed by atoms with Crippen molar-refractivity contribution < 1.29 is 24.2 Å². The number of aliphatic carboxylic acids is 1. The van der Waals surface area contributed by atoms with E-state index >= 15 is 0 Å². The van der Waals surface area contributed by atoms with E-state index in [1.807, 2.05) is 18.2 Å². The van der Waals surface area contributed by atoms with Gasteiger partial charge in [0.15, 0.2) is 6.10 Å². The monoisotopic (exact) mass is 304 g/mol. The first kappa shape index (κ1) is 14.4. The van der Waals surface area contributed by atoms with Gasteiger partial charge < -0.3 is 24.5 Å². The van der Waals surface area contributed by atoms with Crippen molar-refractivity contribution >= 4 is 22.8 Å². The van der Waals surface area contributed by atoms with E-state index in [2.05, 4.69) is 4.98 Å². The Kier molecular flexibility index (Phi) is 3.72. The zero-order valence-corrected chi connectivity index (χ0v) is 12.0. The number of carbonyl (C=O) groups is 2. The van der Waals surface area contributed by atoms with Gasteiger partial charge in [-0.3, -0.25) is 4.79 Å². The van der Waals surface area contributed by atoms with Crippen molar-refractivity contribution in [1.29, 1.82) is 0 Å². The Hall–Kier alpha value is -2.54. The average Bonchev–Trinajstić information content (AvgIpc) is 2.97. The normalized spacial score (nSPS) is 18.4. The van der Waals surface area contributed by atoms with Gasteiger partial charge in [-0.25, -0.2) is 4.79 Å². The zero-order chi connectivity index (χ0) is 15.7. The second kappa shape index (κ2) is 5.69. The fourth-order valence-electron chi connectivity index (χ4n) is 2.51. The topological polar surface area (TPSA) is 91.9 Å². The van der Waals surface area contributed by atoms with Crippen LogP contribution in [0.15, 0.2) is 24.3 Å². The number of nitrogens with zero attached hydrogens (tertiary/aromatic N) is 1. The number of carboxylic acids is 1. The van der Waals surface area contributed by atoms with Crippen LogP contribution in [0.5, 0.6) is 5.75 Å². The quantitative estimate of drug-likeness (QED) is 0.886. The van der Waals surface area contributed by atoms with Gasteiger partial charge in [-0.15, -0.1) is 0 Å². The third-order valence-electron chi connectivity index (χ3n) is 3.69. The SMILES string of the molecule is COc1ccc2[nH]c(C(=O)N3CCO[C@H](C(=O)O)C3)cc2c1. The van der Waals surface area contributed by atoms with Crippen LogP contribution in [-0.4, -0.2) is 59.8 Å². The molecule has 1 aromatic heterocycles. The molecule has 1 aromatic carbocycles. The molecule has 3 rings (SSSR count). The van der Waals surface area contributed by atoms with Gasteiger partial charge in [-0.2, -0.15) is 0 Å². The molecule has 1 aliphatic heterocycles. The number of fused-ring (bicyclic) bond motifs is 1. The number of H-pyrrole nitrogens is 1. The van der Waals surface area contributed by atoms with Gasteiger partial charge in [0.1, 0.15) is 11.4 Å². The smallest absolute Gasteiger partial charge is 0.334 e. The molecular weight excluding hydrogens is 288 g/mol. The lowest BCUT2D eigenvalue weighted by Crippen LogP contribution is -2.48. The minimum Gasteiger partial charge on any atom is -0.497 e. The molecule has 2 heterocycles. The summed E-state index contributed by atoms with van der Waals surface area (Å²) in [5.74, 6) is -0.577. The molecule has 2 aromatic rings. The number of amides is 1. The summed E-state index contributed by atoms with van der Waals surface area (Å²) in [5, 5.41) is 9.86. The van der Waals surface area contributed by atoms with Crippen molar-refractivity contribution in [3.8, 4) is 5.75 Å². The lowest BCUT2D eigenvalue weighted by molar-refractivity contribution is -0.154. The van der Waals surface area contributed by atoms with Crippen LogP contribution in [-0.2, 0) is 9.53 Å². The van der Waals surface area contributed by atoms with Crippen LogP contribution in [0.1, 0.15) is 10.5 Å². The van der Waals surface area contributed by atoms with Gasteiger partial charge in [-0.05, 0) is 24.3 Å². The molecule has 0 spiro atoms. The second-order valence-corrected chi connectivity index (χ2v) is 5.09. The number of aromatic nitrogens is 1. The molecule has 0 aliphatic carbocycles. The lowest BCUT2D eigenvalue weighted by atomic mass is 10.2. The van der Waals surface area contributed by atoms with Gasteiger partial charge in [0.25, 0.3) is 5.91 Å². The van der Waals surface area contributed by atoms with Crippen LogP contribution in [0.25, 0.3) is 10.9 Å². The fourth-order valence-corrected chi connectivity index (χ4v) is 2.51. The number of benzene rings is 1. The van der Waals surface area contributed by atoms with Gasteiger partial charge in [-0.1, -0.05) is 0 Å². The highest BCUT2D eigenvalue weighted by atomic mass is 16.5. The molecule has 7 nitrogen and oxygen atoms in total. The largest absolute Gasteiger partial charge is 0.497 e. The highest BCUT2D eigenvalue weighted by molar-refractivity contribution is 5.98. The predicted octanol–water partition coefficient (Wildman–Crippen LogP) is 1.10. The summed E-state index contributed by atoms with van der Waals surface area (Å²) in [6.07, 6.45) is -0.970. The van der Waals surface area contributed by atoms with E-state index in [0.29, 0.717) is 18.0 Å². The molecule has 0 bridgehead atoms. The van der Waals surface area contributed by atoms with E-state index in [1.54, 1.807) is 13.2 Å². The van der Waals surface area contributed by atoms with Crippen LogP contribution in [0, 0.1) is 0 Å². The van der Waals surface area contributed by atoms with Gasteiger partial charge in [0.2, 0.25) is 0 Å². The maximum atomic E-state index is 12.5. The number of ether oxygens (including phenoxy) is 2. The molecular formula is C15H16N2O5. The third kappa shape index (κ3) is 2.62. The van der Waals surface area contributed by atoms with Crippen molar-refractivity contribution in [3.63, 3.8) is 0 Å². The fraction of sp³-hybridized carbons (Fsp3) is 0.333. The highest BCUT2D eigenvalue weighted by Crippen LogP contribution is 2.22. The van der Waals surface area contributed by atoms with Crippen molar-refractivity contribution in [1.82, 2.24) is 9.88 Å².